The number of halogens is 4. The Balaban J connectivity index is 2.14. The Hall–Kier alpha value is -1.83. The third-order valence-corrected chi connectivity index (χ3v) is 3.96. The van der Waals surface area contributed by atoms with Crippen molar-refractivity contribution in [1.82, 2.24) is 4.90 Å². The monoisotopic (exact) mass is 334 g/mol. The Kier molecular flexibility index (Phi) is 5.13. The van der Waals surface area contributed by atoms with Crippen molar-refractivity contribution in [3.8, 4) is 0 Å². The second-order valence-corrected chi connectivity index (χ2v) is 5.71. The van der Waals surface area contributed by atoms with Crippen LogP contribution in [0.2, 0.25) is 0 Å². The molecule has 0 aliphatic carbocycles. The smallest absolute Gasteiger partial charge is 0.393 e. The Morgan fingerprint density at radius 3 is 2.74 bits per heavy atom. The number of anilines is 1. The van der Waals surface area contributed by atoms with Gasteiger partial charge in [-0.05, 0) is 38.0 Å². The van der Waals surface area contributed by atoms with Gasteiger partial charge in [0.1, 0.15) is 5.82 Å². The minimum Gasteiger partial charge on any atom is -0.393 e. The van der Waals surface area contributed by atoms with Gasteiger partial charge in [0.25, 0.3) is 0 Å². The highest BCUT2D eigenvalue weighted by Gasteiger charge is 2.35. The third-order valence-electron chi connectivity index (χ3n) is 3.96. The molecular weight excluding hydrogens is 316 g/mol. The summed E-state index contributed by atoms with van der Waals surface area (Å²) in [6.45, 7) is 2.29. The number of nitrogens with zero attached hydrogens (tertiary/aromatic N) is 1. The third kappa shape index (κ3) is 4.34. The summed E-state index contributed by atoms with van der Waals surface area (Å²) in [6, 6.07) is 1.42. The number of aliphatic hydroxyl groups is 1. The molecule has 1 saturated heterocycles. The minimum absolute atomic E-state index is 0.107. The lowest BCUT2D eigenvalue weighted by Crippen LogP contribution is -2.45. The van der Waals surface area contributed by atoms with E-state index in [0.717, 1.165) is 18.6 Å². The number of aliphatic hydroxyl groups excluding tert-OH is 1. The van der Waals surface area contributed by atoms with E-state index in [4.69, 9.17) is 0 Å². The maximum absolute atomic E-state index is 13.1. The molecule has 2 unspecified atom stereocenters. The molecule has 0 saturated carbocycles. The highest BCUT2D eigenvalue weighted by Crippen LogP contribution is 2.35. The van der Waals surface area contributed by atoms with Gasteiger partial charge in [-0.1, -0.05) is 0 Å². The van der Waals surface area contributed by atoms with Crippen LogP contribution < -0.4 is 5.32 Å². The average molecular weight is 334 g/mol. The number of urea groups is 1. The summed E-state index contributed by atoms with van der Waals surface area (Å²) in [5.41, 5.74) is -1.71. The van der Waals surface area contributed by atoms with Gasteiger partial charge >= 0.3 is 12.2 Å². The molecule has 2 N–H and O–H groups in total. The van der Waals surface area contributed by atoms with Gasteiger partial charge in [-0.25, -0.2) is 9.18 Å². The van der Waals surface area contributed by atoms with Crippen LogP contribution in [0.3, 0.4) is 0 Å². The van der Waals surface area contributed by atoms with Gasteiger partial charge in [-0.15, -0.1) is 0 Å². The van der Waals surface area contributed by atoms with E-state index in [1.54, 1.807) is 6.92 Å². The van der Waals surface area contributed by atoms with E-state index in [-0.39, 0.29) is 12.5 Å². The number of carbonyl (C=O) groups excluding carboxylic acids is 1. The summed E-state index contributed by atoms with van der Waals surface area (Å²) in [4.78, 5) is 13.5. The van der Waals surface area contributed by atoms with E-state index in [1.165, 1.54) is 4.90 Å². The van der Waals surface area contributed by atoms with Gasteiger partial charge in [0.2, 0.25) is 0 Å². The van der Waals surface area contributed by atoms with Crippen LogP contribution in [-0.2, 0) is 6.18 Å². The van der Waals surface area contributed by atoms with Crippen LogP contribution >= 0.6 is 0 Å². The van der Waals surface area contributed by atoms with Crippen LogP contribution in [0, 0.1) is 11.7 Å². The molecule has 0 spiro atoms. The number of hydrogen-bond donors (Lipinski definition) is 2. The number of alkyl halides is 3. The van der Waals surface area contributed by atoms with Crippen LogP contribution in [0.4, 0.5) is 28.0 Å². The average Bonchev–Trinajstić information content (AvgIpc) is 2.48. The molecule has 128 valence electrons. The van der Waals surface area contributed by atoms with E-state index in [2.05, 4.69) is 5.32 Å². The molecule has 1 heterocycles. The molecule has 2 rings (SSSR count). The van der Waals surface area contributed by atoms with Crippen LogP contribution in [0.25, 0.3) is 0 Å². The number of amides is 2. The van der Waals surface area contributed by atoms with E-state index in [9.17, 15) is 27.5 Å². The number of hydrogen-bond acceptors (Lipinski definition) is 2. The fraction of sp³-hybridized carbons (Fsp3) is 0.533. The molecule has 1 aliphatic heterocycles. The van der Waals surface area contributed by atoms with Crippen LogP contribution in [0.15, 0.2) is 18.2 Å². The van der Waals surface area contributed by atoms with Gasteiger partial charge in [0.15, 0.2) is 0 Å². The lowest BCUT2D eigenvalue weighted by molar-refractivity contribution is -0.137. The first kappa shape index (κ1) is 17.5. The van der Waals surface area contributed by atoms with E-state index in [1.807, 2.05) is 0 Å². The van der Waals surface area contributed by atoms with Crippen LogP contribution in [0.1, 0.15) is 25.3 Å². The van der Waals surface area contributed by atoms with E-state index >= 15 is 0 Å². The summed E-state index contributed by atoms with van der Waals surface area (Å²) in [7, 11) is 0. The first-order chi connectivity index (χ1) is 10.7. The summed E-state index contributed by atoms with van der Waals surface area (Å²) in [5.74, 6) is -1.13. The lowest BCUT2D eigenvalue weighted by atomic mass is 9.94. The van der Waals surface area contributed by atoms with Gasteiger partial charge in [-0.2, -0.15) is 13.2 Å². The van der Waals surface area contributed by atoms with E-state index < -0.39 is 35.4 Å². The summed E-state index contributed by atoms with van der Waals surface area (Å²) in [6.07, 6.45) is -3.94. The molecular formula is C15H18F4N2O2. The van der Waals surface area contributed by atoms with Crippen molar-refractivity contribution in [2.45, 2.75) is 32.0 Å². The van der Waals surface area contributed by atoms with Crippen molar-refractivity contribution in [3.05, 3.63) is 29.6 Å². The van der Waals surface area contributed by atoms with E-state index in [0.29, 0.717) is 19.0 Å². The van der Waals surface area contributed by atoms with Crippen molar-refractivity contribution in [3.63, 3.8) is 0 Å². The first-order valence-electron chi connectivity index (χ1n) is 7.29. The Bertz CT molecular complexity index is 575. The van der Waals surface area contributed by atoms with Gasteiger partial charge in [0, 0.05) is 19.0 Å². The van der Waals surface area contributed by atoms with Crippen LogP contribution in [0.5, 0.6) is 0 Å². The second-order valence-electron chi connectivity index (χ2n) is 5.71. The van der Waals surface area contributed by atoms with Gasteiger partial charge < -0.3 is 15.3 Å². The number of carbonyl (C=O) groups is 1. The quantitative estimate of drug-likeness (QED) is 0.814. The zero-order valence-corrected chi connectivity index (χ0v) is 12.5. The number of piperidine rings is 1. The maximum Gasteiger partial charge on any atom is 0.418 e. The SMILES string of the molecule is CC(O)C1CCCN(C(=O)Nc2ccc(F)cc2C(F)(F)F)C1. The van der Waals surface area contributed by atoms with Crippen molar-refractivity contribution < 1.29 is 27.5 Å². The molecule has 0 aromatic heterocycles. The first-order valence-corrected chi connectivity index (χ1v) is 7.29. The molecule has 0 radical (unpaired) electrons. The summed E-state index contributed by atoms with van der Waals surface area (Å²) in [5, 5.41) is 11.8. The lowest BCUT2D eigenvalue weighted by Gasteiger charge is -2.34. The normalized spacial score (nSPS) is 20.3. The molecule has 1 aliphatic rings. The molecule has 23 heavy (non-hydrogen) atoms. The Morgan fingerprint density at radius 1 is 1.43 bits per heavy atom. The Labute approximate surface area is 131 Å². The Morgan fingerprint density at radius 2 is 2.13 bits per heavy atom. The number of likely N-dealkylation sites (tertiary alicyclic amines) is 1. The van der Waals surface area contributed by atoms with Crippen LogP contribution in [-0.4, -0.2) is 35.2 Å². The largest absolute Gasteiger partial charge is 0.418 e. The molecule has 1 aromatic rings. The molecule has 1 fully saturated rings. The summed E-state index contributed by atoms with van der Waals surface area (Å²) < 4.78 is 51.8. The highest BCUT2D eigenvalue weighted by atomic mass is 19.4. The van der Waals surface area contributed by atoms with Crippen molar-refractivity contribution in [2.75, 3.05) is 18.4 Å². The second kappa shape index (κ2) is 6.74. The van der Waals surface area contributed by atoms with Crippen molar-refractivity contribution in [2.24, 2.45) is 5.92 Å². The van der Waals surface area contributed by atoms with Crippen molar-refractivity contribution in [1.29, 1.82) is 0 Å². The predicted molar refractivity (Wildman–Crippen MR) is 76.4 cm³/mol. The number of rotatable bonds is 2. The standard InChI is InChI=1S/C15H18F4N2O2/c1-9(22)10-3-2-6-21(8-10)14(23)20-13-5-4-11(16)7-12(13)15(17,18)19/h4-5,7,9-10,22H,2-3,6,8H2,1H3,(H,20,23). The zero-order valence-electron chi connectivity index (χ0n) is 12.5. The highest BCUT2D eigenvalue weighted by molar-refractivity contribution is 5.90. The predicted octanol–water partition coefficient (Wildman–Crippen LogP) is 3.47. The minimum atomic E-state index is -4.77. The molecule has 0 bridgehead atoms. The molecule has 2 atom stereocenters. The summed E-state index contributed by atoms with van der Waals surface area (Å²) >= 11 is 0. The topological polar surface area (TPSA) is 52.6 Å². The molecule has 4 nitrogen and oxygen atoms in total. The number of nitrogens with one attached hydrogen (secondary N) is 1. The van der Waals surface area contributed by atoms with Gasteiger partial charge in [0.05, 0.1) is 17.4 Å². The number of benzene rings is 1. The van der Waals surface area contributed by atoms with Crippen molar-refractivity contribution >= 4 is 11.7 Å². The van der Waals surface area contributed by atoms with Gasteiger partial charge in [-0.3, -0.25) is 0 Å². The molecule has 1 aromatic carbocycles. The zero-order chi connectivity index (χ0) is 17.2. The fourth-order valence-corrected chi connectivity index (χ4v) is 2.64. The maximum atomic E-state index is 13.1. The fourth-order valence-electron chi connectivity index (χ4n) is 2.64. The molecule has 2 amide bonds. The molecule has 8 heteroatoms.